The van der Waals surface area contributed by atoms with Crippen LogP contribution in [0.3, 0.4) is 0 Å². The van der Waals surface area contributed by atoms with Crippen molar-refractivity contribution in [3.63, 3.8) is 0 Å². The summed E-state index contributed by atoms with van der Waals surface area (Å²) in [6.07, 6.45) is 6.09. The van der Waals surface area contributed by atoms with Crippen molar-refractivity contribution in [2.45, 2.75) is 32.7 Å². The number of nitrogens with two attached hydrogens (primary N) is 1. The highest BCUT2D eigenvalue weighted by Gasteiger charge is 2.21. The van der Waals surface area contributed by atoms with E-state index in [9.17, 15) is 14.0 Å². The van der Waals surface area contributed by atoms with E-state index in [4.69, 9.17) is 5.73 Å². The standard InChI is InChI=1S/C35H38FN5O2/c1-25-13-18-40(19-14-25)33-12-11-28(22-32(33)39-34(42)29-8-3-10-31(36)21-29)27-7-2-6-26(20-27)24-41(17-5-15-37)35(43)30-9-4-16-38-23-30/h2-4,6-12,16,20-23,25H,5,13-15,17-19,24,37H2,1H3,(H,39,42). The zero-order chi connectivity index (χ0) is 30.2. The Morgan fingerprint density at radius 1 is 0.977 bits per heavy atom. The molecule has 1 aliphatic heterocycles. The smallest absolute Gasteiger partial charge is 0.255 e. The van der Waals surface area contributed by atoms with Gasteiger partial charge in [-0.25, -0.2) is 4.39 Å². The summed E-state index contributed by atoms with van der Waals surface area (Å²) in [4.78, 5) is 34.7. The molecule has 0 aliphatic carbocycles. The summed E-state index contributed by atoms with van der Waals surface area (Å²) in [5.74, 6) is -0.236. The van der Waals surface area contributed by atoms with Crippen molar-refractivity contribution in [1.29, 1.82) is 0 Å². The van der Waals surface area contributed by atoms with Crippen molar-refractivity contribution in [2.75, 3.05) is 36.4 Å². The number of amides is 2. The van der Waals surface area contributed by atoms with Crippen LogP contribution < -0.4 is 16.0 Å². The van der Waals surface area contributed by atoms with Crippen LogP contribution in [0.5, 0.6) is 0 Å². The summed E-state index contributed by atoms with van der Waals surface area (Å²) >= 11 is 0. The topological polar surface area (TPSA) is 91.6 Å². The SMILES string of the molecule is CC1CCN(c2ccc(-c3cccc(CN(CCCN)C(=O)c4cccnc4)c3)cc2NC(=O)c2cccc(F)c2)CC1. The third-order valence-corrected chi connectivity index (χ3v) is 7.92. The van der Waals surface area contributed by atoms with Gasteiger partial charge in [0.05, 0.1) is 16.9 Å². The van der Waals surface area contributed by atoms with Crippen molar-refractivity contribution in [1.82, 2.24) is 9.88 Å². The van der Waals surface area contributed by atoms with Gasteiger partial charge in [-0.05, 0) is 96.9 Å². The molecule has 0 bridgehead atoms. The zero-order valence-corrected chi connectivity index (χ0v) is 24.5. The van der Waals surface area contributed by atoms with E-state index in [0.29, 0.717) is 43.2 Å². The molecule has 0 unspecified atom stereocenters. The highest BCUT2D eigenvalue weighted by atomic mass is 19.1. The first-order valence-electron chi connectivity index (χ1n) is 14.9. The first-order valence-corrected chi connectivity index (χ1v) is 14.9. The fraction of sp³-hybridized carbons (Fsp3) is 0.286. The van der Waals surface area contributed by atoms with Crippen LogP contribution in [0.2, 0.25) is 0 Å². The molecular formula is C35H38FN5O2. The van der Waals surface area contributed by atoms with Gasteiger partial charge in [0.1, 0.15) is 5.82 Å². The molecule has 3 aromatic carbocycles. The molecule has 2 amide bonds. The van der Waals surface area contributed by atoms with Crippen molar-refractivity contribution in [2.24, 2.45) is 11.7 Å². The summed E-state index contributed by atoms with van der Waals surface area (Å²) < 4.78 is 13.9. The van der Waals surface area contributed by atoms with Crippen LogP contribution >= 0.6 is 0 Å². The van der Waals surface area contributed by atoms with Crippen LogP contribution in [-0.2, 0) is 6.54 Å². The Hall–Kier alpha value is -4.56. The maximum absolute atomic E-state index is 13.9. The molecule has 2 heterocycles. The summed E-state index contributed by atoms with van der Waals surface area (Å²) in [6, 6.07) is 23.4. The summed E-state index contributed by atoms with van der Waals surface area (Å²) in [7, 11) is 0. The second-order valence-electron chi connectivity index (χ2n) is 11.2. The summed E-state index contributed by atoms with van der Waals surface area (Å²) in [5.41, 5.74) is 11.1. The number of pyridine rings is 1. The second kappa shape index (κ2) is 14.1. The van der Waals surface area contributed by atoms with Crippen molar-refractivity contribution < 1.29 is 14.0 Å². The number of nitrogens with zero attached hydrogens (tertiary/aromatic N) is 3. The van der Waals surface area contributed by atoms with E-state index in [0.717, 1.165) is 48.3 Å². The highest BCUT2D eigenvalue weighted by molar-refractivity contribution is 6.06. The second-order valence-corrected chi connectivity index (χ2v) is 11.2. The van der Waals surface area contributed by atoms with Gasteiger partial charge in [0, 0.05) is 44.1 Å². The van der Waals surface area contributed by atoms with Crippen LogP contribution in [0.4, 0.5) is 15.8 Å². The molecule has 7 nitrogen and oxygen atoms in total. The van der Waals surface area contributed by atoms with Gasteiger partial charge < -0.3 is 20.9 Å². The van der Waals surface area contributed by atoms with Crippen molar-refractivity contribution in [3.8, 4) is 11.1 Å². The van der Waals surface area contributed by atoms with Gasteiger partial charge in [-0.2, -0.15) is 0 Å². The highest BCUT2D eigenvalue weighted by Crippen LogP contribution is 2.35. The molecule has 0 saturated carbocycles. The fourth-order valence-electron chi connectivity index (χ4n) is 5.44. The van der Waals surface area contributed by atoms with Gasteiger partial charge in [-0.15, -0.1) is 0 Å². The average Bonchev–Trinajstić information content (AvgIpc) is 3.03. The van der Waals surface area contributed by atoms with E-state index in [1.807, 2.05) is 24.3 Å². The van der Waals surface area contributed by atoms with E-state index in [1.165, 1.54) is 18.2 Å². The quantitative estimate of drug-likeness (QED) is 0.228. The largest absolute Gasteiger partial charge is 0.370 e. The van der Waals surface area contributed by atoms with Gasteiger partial charge >= 0.3 is 0 Å². The Bertz CT molecular complexity index is 1550. The zero-order valence-electron chi connectivity index (χ0n) is 24.5. The maximum atomic E-state index is 13.9. The van der Waals surface area contributed by atoms with Crippen molar-refractivity contribution in [3.05, 3.63) is 114 Å². The van der Waals surface area contributed by atoms with Crippen LogP contribution in [0.25, 0.3) is 11.1 Å². The number of rotatable bonds is 10. The van der Waals surface area contributed by atoms with Crippen LogP contribution in [0.15, 0.2) is 91.3 Å². The molecule has 1 saturated heterocycles. The Labute approximate surface area is 252 Å². The lowest BCUT2D eigenvalue weighted by atomic mass is 9.97. The fourth-order valence-corrected chi connectivity index (χ4v) is 5.44. The minimum absolute atomic E-state index is 0.0884. The van der Waals surface area contributed by atoms with E-state index >= 15 is 0 Å². The number of carbonyl (C=O) groups excluding carboxylic acids is 2. The van der Waals surface area contributed by atoms with Crippen LogP contribution in [0.1, 0.15) is 52.5 Å². The third-order valence-electron chi connectivity index (χ3n) is 7.92. The molecule has 1 fully saturated rings. The molecule has 3 N–H and O–H groups in total. The normalized spacial score (nSPS) is 13.5. The molecule has 0 spiro atoms. The monoisotopic (exact) mass is 579 g/mol. The minimum atomic E-state index is -0.453. The molecule has 43 heavy (non-hydrogen) atoms. The molecule has 0 radical (unpaired) electrons. The number of hydrogen-bond acceptors (Lipinski definition) is 5. The lowest BCUT2D eigenvalue weighted by Crippen LogP contribution is -2.33. The number of aromatic nitrogens is 1. The van der Waals surface area contributed by atoms with Gasteiger partial charge in [-0.1, -0.05) is 37.3 Å². The number of nitrogens with one attached hydrogen (secondary N) is 1. The Kier molecular flexibility index (Phi) is 9.79. The predicted molar refractivity (Wildman–Crippen MR) is 169 cm³/mol. The number of halogens is 1. The minimum Gasteiger partial charge on any atom is -0.370 e. The number of piperidine rings is 1. The molecule has 222 valence electrons. The summed E-state index contributed by atoms with van der Waals surface area (Å²) in [5, 5.41) is 3.06. The van der Waals surface area contributed by atoms with Crippen LogP contribution in [-0.4, -0.2) is 47.9 Å². The van der Waals surface area contributed by atoms with E-state index < -0.39 is 5.82 Å². The molecular weight excluding hydrogens is 541 g/mol. The van der Waals surface area contributed by atoms with Crippen LogP contribution in [0, 0.1) is 11.7 Å². The van der Waals surface area contributed by atoms with Gasteiger partial charge in [0.25, 0.3) is 11.8 Å². The predicted octanol–water partition coefficient (Wildman–Crippen LogP) is 6.37. The molecule has 4 aromatic rings. The Balaban J connectivity index is 1.43. The number of benzene rings is 3. The average molecular weight is 580 g/mol. The lowest BCUT2D eigenvalue weighted by Gasteiger charge is -2.33. The summed E-state index contributed by atoms with van der Waals surface area (Å²) in [6.45, 7) is 5.53. The number of carbonyl (C=O) groups is 2. The van der Waals surface area contributed by atoms with E-state index in [2.05, 4.69) is 40.3 Å². The first-order chi connectivity index (χ1) is 20.9. The molecule has 8 heteroatoms. The molecule has 5 rings (SSSR count). The molecule has 0 atom stereocenters. The first kappa shape index (κ1) is 29.9. The Morgan fingerprint density at radius 2 is 1.74 bits per heavy atom. The third kappa shape index (κ3) is 7.64. The van der Waals surface area contributed by atoms with Crippen molar-refractivity contribution >= 4 is 23.2 Å². The molecule has 1 aliphatic rings. The van der Waals surface area contributed by atoms with Gasteiger partial charge in [0.2, 0.25) is 0 Å². The lowest BCUT2D eigenvalue weighted by molar-refractivity contribution is 0.0741. The van der Waals surface area contributed by atoms with E-state index in [-0.39, 0.29) is 17.4 Å². The number of hydrogen-bond donors (Lipinski definition) is 2. The number of anilines is 2. The van der Waals surface area contributed by atoms with Gasteiger partial charge in [-0.3, -0.25) is 14.6 Å². The maximum Gasteiger partial charge on any atom is 0.255 e. The molecule has 1 aromatic heterocycles. The van der Waals surface area contributed by atoms with Gasteiger partial charge in [0.15, 0.2) is 0 Å². The van der Waals surface area contributed by atoms with E-state index in [1.54, 1.807) is 35.5 Å². The Morgan fingerprint density at radius 3 is 2.49 bits per heavy atom.